The number of ether oxygens (including phenoxy) is 1. The lowest BCUT2D eigenvalue weighted by atomic mass is 9.96. The van der Waals surface area contributed by atoms with E-state index in [1.165, 1.54) is 6.42 Å². The smallest absolute Gasteiger partial charge is 0.253 e. The van der Waals surface area contributed by atoms with Gasteiger partial charge >= 0.3 is 0 Å². The van der Waals surface area contributed by atoms with Gasteiger partial charge in [0.05, 0.1) is 28.8 Å². The zero-order chi connectivity index (χ0) is 14.8. The molecule has 110 valence electrons. The predicted molar refractivity (Wildman–Crippen MR) is 78.4 cm³/mol. The molecule has 0 radical (unpaired) electrons. The van der Waals surface area contributed by atoms with Gasteiger partial charge in [0.15, 0.2) is 0 Å². The zero-order valence-corrected chi connectivity index (χ0v) is 12.5. The van der Waals surface area contributed by atoms with Crippen molar-refractivity contribution < 1.29 is 14.6 Å². The molecule has 0 spiro atoms. The molecule has 1 aromatic rings. The fourth-order valence-corrected chi connectivity index (χ4v) is 2.10. The third kappa shape index (κ3) is 3.64. The van der Waals surface area contributed by atoms with Gasteiger partial charge < -0.3 is 15.2 Å². The lowest BCUT2D eigenvalue weighted by molar-refractivity contribution is 0.0869. The molecule has 0 bridgehead atoms. The highest BCUT2D eigenvalue weighted by atomic mass is 35.5. The van der Waals surface area contributed by atoms with Crippen LogP contribution in [0, 0.1) is 0 Å². The molecule has 2 rings (SSSR count). The van der Waals surface area contributed by atoms with Gasteiger partial charge in [-0.15, -0.1) is 0 Å². The molecule has 20 heavy (non-hydrogen) atoms. The number of amides is 1. The van der Waals surface area contributed by atoms with E-state index in [1.807, 2.05) is 0 Å². The third-order valence-electron chi connectivity index (χ3n) is 3.39. The van der Waals surface area contributed by atoms with Crippen molar-refractivity contribution in [3.05, 3.63) is 28.8 Å². The van der Waals surface area contributed by atoms with Gasteiger partial charge in [-0.3, -0.25) is 4.79 Å². The van der Waals surface area contributed by atoms with Crippen LogP contribution in [0.5, 0.6) is 5.75 Å². The summed E-state index contributed by atoms with van der Waals surface area (Å²) in [6, 6.07) is 5.07. The van der Waals surface area contributed by atoms with Crippen LogP contribution in [0.1, 0.15) is 43.5 Å². The Bertz CT molecular complexity index is 498. The van der Waals surface area contributed by atoms with Crippen molar-refractivity contribution in [2.24, 2.45) is 0 Å². The summed E-state index contributed by atoms with van der Waals surface area (Å²) in [5.41, 5.74) is -0.296. The Hall–Kier alpha value is -1.26. The van der Waals surface area contributed by atoms with Gasteiger partial charge in [0.1, 0.15) is 5.75 Å². The summed E-state index contributed by atoms with van der Waals surface area (Å²) >= 11 is 6.14. The highest BCUT2D eigenvalue weighted by Crippen LogP contribution is 2.28. The average Bonchev–Trinajstić information content (AvgIpc) is 2.33. The van der Waals surface area contributed by atoms with E-state index < -0.39 is 5.54 Å². The van der Waals surface area contributed by atoms with E-state index in [9.17, 15) is 4.79 Å². The van der Waals surface area contributed by atoms with Crippen molar-refractivity contribution in [2.45, 2.75) is 44.8 Å². The van der Waals surface area contributed by atoms with Gasteiger partial charge in [0.25, 0.3) is 5.91 Å². The Kier molecular flexibility index (Phi) is 4.55. The first-order valence-corrected chi connectivity index (χ1v) is 7.19. The predicted octanol–water partition coefficient (Wildman–Crippen LogP) is 2.77. The summed E-state index contributed by atoms with van der Waals surface area (Å²) in [4.78, 5) is 12.1. The van der Waals surface area contributed by atoms with E-state index >= 15 is 0 Å². The molecule has 4 nitrogen and oxygen atoms in total. The number of benzene rings is 1. The highest BCUT2D eigenvalue weighted by Gasteiger charge is 2.23. The molecule has 2 N–H and O–H groups in total. The van der Waals surface area contributed by atoms with Crippen LogP contribution in [0.3, 0.4) is 0 Å². The first-order valence-electron chi connectivity index (χ1n) is 6.81. The maximum Gasteiger partial charge on any atom is 0.253 e. The lowest BCUT2D eigenvalue weighted by Crippen LogP contribution is -2.46. The van der Waals surface area contributed by atoms with Crippen molar-refractivity contribution in [3.8, 4) is 5.75 Å². The van der Waals surface area contributed by atoms with Crippen LogP contribution in [0.2, 0.25) is 5.02 Å². The number of halogens is 1. The molecule has 0 unspecified atom stereocenters. The Morgan fingerprint density at radius 3 is 2.70 bits per heavy atom. The molecule has 5 heteroatoms. The maximum absolute atomic E-state index is 12.1. The molecule has 1 fully saturated rings. The normalized spacial score (nSPS) is 15.6. The van der Waals surface area contributed by atoms with Crippen LogP contribution in [-0.4, -0.2) is 29.3 Å². The second-order valence-corrected chi connectivity index (χ2v) is 6.22. The molecule has 0 heterocycles. The van der Waals surface area contributed by atoms with Gasteiger partial charge in [-0.1, -0.05) is 11.6 Å². The molecule has 1 aromatic carbocycles. The number of aliphatic hydroxyl groups is 1. The molecule has 1 amide bonds. The van der Waals surface area contributed by atoms with Crippen molar-refractivity contribution in [1.29, 1.82) is 0 Å². The van der Waals surface area contributed by atoms with E-state index in [4.69, 9.17) is 21.4 Å². The van der Waals surface area contributed by atoms with Crippen LogP contribution in [0.4, 0.5) is 0 Å². The number of rotatable bonds is 5. The topological polar surface area (TPSA) is 58.6 Å². The van der Waals surface area contributed by atoms with E-state index in [0.29, 0.717) is 16.3 Å². The molecule has 1 saturated carbocycles. The molecular formula is C15H20ClNO3. The molecule has 0 aromatic heterocycles. The van der Waals surface area contributed by atoms with Crippen LogP contribution >= 0.6 is 11.6 Å². The number of hydrogen-bond donors (Lipinski definition) is 2. The summed E-state index contributed by atoms with van der Waals surface area (Å²) < 4.78 is 5.73. The number of carbonyl (C=O) groups is 1. The fourth-order valence-electron chi connectivity index (χ4n) is 1.85. The van der Waals surface area contributed by atoms with Crippen molar-refractivity contribution in [2.75, 3.05) is 6.61 Å². The molecular weight excluding hydrogens is 278 g/mol. The van der Waals surface area contributed by atoms with Gasteiger partial charge in [-0.2, -0.15) is 0 Å². The first-order chi connectivity index (χ1) is 9.41. The van der Waals surface area contributed by atoms with Crippen molar-refractivity contribution >= 4 is 17.5 Å². The largest absolute Gasteiger partial charge is 0.490 e. The Balaban J connectivity index is 2.06. The average molecular weight is 298 g/mol. The molecule has 0 atom stereocenters. The fraction of sp³-hybridized carbons (Fsp3) is 0.533. The Morgan fingerprint density at radius 2 is 2.20 bits per heavy atom. The zero-order valence-electron chi connectivity index (χ0n) is 11.8. The summed E-state index contributed by atoms with van der Waals surface area (Å²) in [7, 11) is 0. The Labute approximate surface area is 124 Å². The third-order valence-corrected chi connectivity index (χ3v) is 3.70. The van der Waals surface area contributed by atoms with Crippen LogP contribution in [0.15, 0.2) is 18.2 Å². The van der Waals surface area contributed by atoms with Crippen LogP contribution in [-0.2, 0) is 0 Å². The van der Waals surface area contributed by atoms with E-state index in [0.717, 1.165) is 12.8 Å². The summed E-state index contributed by atoms with van der Waals surface area (Å²) in [5.74, 6) is 0.391. The summed E-state index contributed by atoms with van der Waals surface area (Å²) in [6.45, 7) is 3.35. The summed E-state index contributed by atoms with van der Waals surface area (Å²) in [6.07, 6.45) is 3.63. The van der Waals surface area contributed by atoms with Gasteiger partial charge in [0, 0.05) is 0 Å². The Morgan fingerprint density at radius 1 is 1.50 bits per heavy atom. The van der Waals surface area contributed by atoms with Crippen molar-refractivity contribution in [1.82, 2.24) is 5.32 Å². The minimum Gasteiger partial charge on any atom is -0.490 e. The highest BCUT2D eigenvalue weighted by molar-refractivity contribution is 6.34. The van der Waals surface area contributed by atoms with Crippen molar-refractivity contribution in [3.63, 3.8) is 0 Å². The van der Waals surface area contributed by atoms with Crippen LogP contribution < -0.4 is 10.1 Å². The molecule has 1 aliphatic carbocycles. The second kappa shape index (κ2) is 6.02. The van der Waals surface area contributed by atoms with E-state index in [1.54, 1.807) is 32.0 Å². The van der Waals surface area contributed by atoms with Gasteiger partial charge in [-0.05, 0) is 51.3 Å². The van der Waals surface area contributed by atoms with Gasteiger partial charge in [-0.25, -0.2) is 0 Å². The minimum atomic E-state index is -0.679. The summed E-state index contributed by atoms with van der Waals surface area (Å²) in [5, 5.41) is 12.3. The van der Waals surface area contributed by atoms with E-state index in [2.05, 4.69) is 5.32 Å². The molecule has 1 aliphatic rings. The van der Waals surface area contributed by atoms with Gasteiger partial charge in [0.2, 0.25) is 0 Å². The lowest BCUT2D eigenvalue weighted by Gasteiger charge is -2.27. The molecule has 0 aliphatic heterocycles. The number of aliphatic hydroxyl groups excluding tert-OH is 1. The quantitative estimate of drug-likeness (QED) is 0.878. The maximum atomic E-state index is 12.1. The molecule has 0 saturated heterocycles. The SMILES string of the molecule is CC(C)(CO)NC(=O)c1ccc(OC2CCC2)cc1Cl. The monoisotopic (exact) mass is 297 g/mol. The standard InChI is InChI=1S/C15H20ClNO3/c1-15(2,9-18)17-14(19)12-7-6-11(8-13(12)16)20-10-4-3-5-10/h6-8,10,18H,3-5,9H2,1-2H3,(H,17,19). The first kappa shape index (κ1) is 15.1. The van der Waals surface area contributed by atoms with E-state index in [-0.39, 0.29) is 18.6 Å². The number of carbonyl (C=O) groups excluding carboxylic acids is 1. The number of hydrogen-bond acceptors (Lipinski definition) is 3. The van der Waals surface area contributed by atoms with Crippen LogP contribution in [0.25, 0.3) is 0 Å². The number of nitrogens with one attached hydrogen (secondary N) is 1. The second-order valence-electron chi connectivity index (χ2n) is 5.81. The minimum absolute atomic E-state index is 0.140.